The summed E-state index contributed by atoms with van der Waals surface area (Å²) in [5, 5.41) is 0. The highest BCUT2D eigenvalue weighted by atomic mass is 32.2. The molecule has 3 heterocycles. The van der Waals surface area contributed by atoms with E-state index in [9.17, 15) is 13.2 Å². The zero-order valence-electron chi connectivity index (χ0n) is 14.6. The third-order valence-corrected chi connectivity index (χ3v) is 5.84. The second-order valence-corrected chi connectivity index (χ2v) is 9.58. The second-order valence-electron chi connectivity index (χ2n) is 7.64. The van der Waals surface area contributed by atoms with Crippen LogP contribution in [-0.4, -0.2) is 52.3 Å². The van der Waals surface area contributed by atoms with Crippen molar-refractivity contribution in [3.8, 4) is 0 Å². The quantitative estimate of drug-likeness (QED) is 0.794. The average Bonchev–Trinajstić information content (AvgIpc) is 3.10. The fraction of sp³-hybridized carbons (Fsp3) is 0.688. The largest absolute Gasteiger partial charge is 0.331 e. The van der Waals surface area contributed by atoms with Gasteiger partial charge in [-0.2, -0.15) is 4.31 Å². The number of aromatic nitrogens is 2. The van der Waals surface area contributed by atoms with Crippen molar-refractivity contribution in [2.45, 2.75) is 58.2 Å². The molecule has 1 aromatic heterocycles. The van der Waals surface area contributed by atoms with Gasteiger partial charge in [0.15, 0.2) is 0 Å². The number of hydrogen-bond donors (Lipinski definition) is 0. The number of nitrogens with zero attached hydrogens (tertiary/aromatic N) is 4. The van der Waals surface area contributed by atoms with Crippen molar-refractivity contribution < 1.29 is 13.2 Å². The maximum atomic E-state index is 12.8. The molecule has 2 aliphatic rings. The minimum absolute atomic E-state index is 0.131. The Kier molecular flexibility index (Phi) is 4.16. The van der Waals surface area contributed by atoms with E-state index in [0.717, 1.165) is 23.5 Å². The summed E-state index contributed by atoms with van der Waals surface area (Å²) < 4.78 is 25.1. The molecule has 0 bridgehead atoms. The molecule has 1 saturated heterocycles. The highest BCUT2D eigenvalue weighted by molar-refractivity contribution is 7.88. The van der Waals surface area contributed by atoms with Gasteiger partial charge in [-0.05, 0) is 12.8 Å². The van der Waals surface area contributed by atoms with Crippen LogP contribution in [0.5, 0.6) is 0 Å². The molecule has 1 atom stereocenters. The summed E-state index contributed by atoms with van der Waals surface area (Å²) in [6.07, 6.45) is 4.26. The summed E-state index contributed by atoms with van der Waals surface area (Å²) >= 11 is 0. The Morgan fingerprint density at radius 1 is 1.29 bits per heavy atom. The van der Waals surface area contributed by atoms with Gasteiger partial charge in [0, 0.05) is 30.3 Å². The first-order valence-electron chi connectivity index (χ1n) is 8.18. The number of sulfonamides is 1. The van der Waals surface area contributed by atoms with Gasteiger partial charge in [-0.1, -0.05) is 20.8 Å². The molecule has 1 amide bonds. The maximum absolute atomic E-state index is 12.8. The molecule has 1 fully saturated rings. The average molecular weight is 352 g/mol. The van der Waals surface area contributed by atoms with E-state index in [0.29, 0.717) is 26.1 Å². The molecule has 0 aromatic carbocycles. The molecule has 24 heavy (non-hydrogen) atoms. The van der Waals surface area contributed by atoms with Gasteiger partial charge in [0.25, 0.3) is 0 Å². The standard InChI is InChI=1S/C16H24N4O3S/c1-16(2,3)15-17-8-11-9-19(10-12(11)18-15)14(21)13-6-5-7-20(13)24(4,22)23/h8,13H,5-7,9-10H2,1-4H3/t13-/m0/s1. The first kappa shape index (κ1) is 17.3. The molecular formula is C16H24N4O3S. The van der Waals surface area contributed by atoms with Crippen LogP contribution in [0.4, 0.5) is 0 Å². The SMILES string of the molecule is CC(C)(C)c1ncc2c(n1)CN(C(=O)[C@@H]1CCCN1S(C)(=O)=O)C2. The molecule has 8 heteroatoms. The number of amides is 1. The van der Waals surface area contributed by atoms with E-state index >= 15 is 0 Å². The van der Waals surface area contributed by atoms with Gasteiger partial charge in [0.05, 0.1) is 18.5 Å². The van der Waals surface area contributed by atoms with E-state index < -0.39 is 16.1 Å². The molecule has 2 aliphatic heterocycles. The molecule has 0 N–H and O–H groups in total. The molecule has 7 nitrogen and oxygen atoms in total. The van der Waals surface area contributed by atoms with Gasteiger partial charge < -0.3 is 4.90 Å². The molecule has 0 saturated carbocycles. The molecule has 1 aromatic rings. The van der Waals surface area contributed by atoms with Crippen LogP contribution in [0.2, 0.25) is 0 Å². The summed E-state index contributed by atoms with van der Waals surface area (Å²) in [5.74, 6) is 0.627. The summed E-state index contributed by atoms with van der Waals surface area (Å²) in [6.45, 7) is 7.45. The van der Waals surface area contributed by atoms with Crippen LogP contribution in [0.15, 0.2) is 6.20 Å². The van der Waals surface area contributed by atoms with Crippen LogP contribution < -0.4 is 0 Å². The molecular weight excluding hydrogens is 328 g/mol. The lowest BCUT2D eigenvalue weighted by Crippen LogP contribution is -2.45. The Morgan fingerprint density at radius 2 is 2.00 bits per heavy atom. The van der Waals surface area contributed by atoms with E-state index in [4.69, 9.17) is 0 Å². The van der Waals surface area contributed by atoms with Gasteiger partial charge in [-0.3, -0.25) is 4.79 Å². The van der Waals surface area contributed by atoms with Crippen LogP contribution in [0.25, 0.3) is 0 Å². The Bertz CT molecular complexity index is 770. The first-order valence-corrected chi connectivity index (χ1v) is 10.0. The number of hydrogen-bond acceptors (Lipinski definition) is 5. The lowest BCUT2D eigenvalue weighted by Gasteiger charge is -2.25. The van der Waals surface area contributed by atoms with E-state index in [-0.39, 0.29) is 11.3 Å². The third-order valence-electron chi connectivity index (χ3n) is 4.55. The minimum Gasteiger partial charge on any atom is -0.331 e. The van der Waals surface area contributed by atoms with Crippen LogP contribution >= 0.6 is 0 Å². The van der Waals surface area contributed by atoms with Crippen molar-refractivity contribution in [1.29, 1.82) is 0 Å². The van der Waals surface area contributed by atoms with Gasteiger partial charge >= 0.3 is 0 Å². The lowest BCUT2D eigenvalue weighted by molar-refractivity contribution is -0.135. The fourth-order valence-corrected chi connectivity index (χ4v) is 4.38. The maximum Gasteiger partial charge on any atom is 0.241 e. The number of carbonyl (C=O) groups is 1. The Morgan fingerprint density at radius 3 is 2.62 bits per heavy atom. The third kappa shape index (κ3) is 3.17. The van der Waals surface area contributed by atoms with Crippen LogP contribution in [0.1, 0.15) is 50.7 Å². The first-order chi connectivity index (χ1) is 11.1. The van der Waals surface area contributed by atoms with Crippen molar-refractivity contribution in [1.82, 2.24) is 19.2 Å². The van der Waals surface area contributed by atoms with Crippen molar-refractivity contribution in [3.05, 3.63) is 23.3 Å². The Balaban J connectivity index is 1.79. The lowest BCUT2D eigenvalue weighted by atomic mass is 9.95. The Hall–Kier alpha value is -1.54. The predicted octanol–water partition coefficient (Wildman–Crippen LogP) is 1.04. The smallest absolute Gasteiger partial charge is 0.241 e. The number of carbonyl (C=O) groups excluding carboxylic acids is 1. The molecule has 3 rings (SSSR count). The normalized spacial score (nSPS) is 22.0. The minimum atomic E-state index is -3.36. The van der Waals surface area contributed by atoms with Crippen molar-refractivity contribution in [2.24, 2.45) is 0 Å². The van der Waals surface area contributed by atoms with Crippen molar-refractivity contribution >= 4 is 15.9 Å². The monoisotopic (exact) mass is 352 g/mol. The predicted molar refractivity (Wildman–Crippen MR) is 89.6 cm³/mol. The van der Waals surface area contributed by atoms with Crippen molar-refractivity contribution in [3.63, 3.8) is 0 Å². The molecule has 0 spiro atoms. The highest BCUT2D eigenvalue weighted by Gasteiger charge is 2.40. The molecule has 0 aliphatic carbocycles. The topological polar surface area (TPSA) is 83.5 Å². The number of fused-ring (bicyclic) bond motifs is 1. The summed E-state index contributed by atoms with van der Waals surface area (Å²) in [4.78, 5) is 23.5. The molecule has 0 radical (unpaired) electrons. The van der Waals surface area contributed by atoms with E-state index in [1.54, 1.807) is 11.1 Å². The van der Waals surface area contributed by atoms with Crippen molar-refractivity contribution in [2.75, 3.05) is 12.8 Å². The Labute approximate surface area is 143 Å². The second kappa shape index (κ2) is 5.77. The highest BCUT2D eigenvalue weighted by Crippen LogP contribution is 2.28. The van der Waals surface area contributed by atoms with Crippen LogP contribution in [0.3, 0.4) is 0 Å². The van der Waals surface area contributed by atoms with Crippen LogP contribution in [0, 0.1) is 0 Å². The van der Waals surface area contributed by atoms with Crippen LogP contribution in [-0.2, 0) is 33.3 Å². The van der Waals surface area contributed by atoms with Gasteiger partial charge in [-0.15, -0.1) is 0 Å². The zero-order valence-corrected chi connectivity index (χ0v) is 15.4. The zero-order chi connectivity index (χ0) is 17.7. The summed E-state index contributed by atoms with van der Waals surface area (Å²) in [6, 6.07) is -0.579. The van der Waals surface area contributed by atoms with Gasteiger partial charge in [-0.25, -0.2) is 18.4 Å². The van der Waals surface area contributed by atoms with E-state index in [1.807, 2.05) is 0 Å². The summed E-state index contributed by atoms with van der Waals surface area (Å²) in [5.41, 5.74) is 1.66. The van der Waals surface area contributed by atoms with E-state index in [1.165, 1.54) is 10.6 Å². The molecule has 0 unspecified atom stereocenters. The fourth-order valence-electron chi connectivity index (χ4n) is 3.27. The molecule has 132 valence electrons. The van der Waals surface area contributed by atoms with Gasteiger partial charge in [0.1, 0.15) is 11.9 Å². The number of rotatable bonds is 2. The van der Waals surface area contributed by atoms with E-state index in [2.05, 4.69) is 30.7 Å². The summed E-state index contributed by atoms with van der Waals surface area (Å²) in [7, 11) is -3.36. The van der Waals surface area contributed by atoms with Gasteiger partial charge in [0.2, 0.25) is 15.9 Å².